The number of piperidine rings is 1. The summed E-state index contributed by atoms with van der Waals surface area (Å²) in [5.74, 6) is -0.480. The zero-order valence-corrected chi connectivity index (χ0v) is 15.2. The molecule has 3 aromatic heterocycles. The monoisotopic (exact) mass is 390 g/mol. The Kier molecular flexibility index (Phi) is 5.43. The summed E-state index contributed by atoms with van der Waals surface area (Å²) in [6.45, 7) is 1.73. The number of halogens is 1. The van der Waals surface area contributed by atoms with Crippen LogP contribution in [0.4, 0.5) is 0 Å². The Morgan fingerprint density at radius 3 is 2.78 bits per heavy atom. The first-order valence-corrected chi connectivity index (χ1v) is 8.37. The van der Waals surface area contributed by atoms with Gasteiger partial charge in [-0.25, -0.2) is 9.97 Å². The fourth-order valence-corrected chi connectivity index (χ4v) is 3.10. The number of rotatable bonds is 4. The molecule has 9 nitrogen and oxygen atoms in total. The highest BCUT2D eigenvalue weighted by atomic mass is 35.5. The molecule has 1 aliphatic rings. The Morgan fingerprint density at radius 1 is 1.33 bits per heavy atom. The van der Waals surface area contributed by atoms with Crippen LogP contribution in [0.25, 0.3) is 17.1 Å². The molecular formula is C17H19ClN6O3. The summed E-state index contributed by atoms with van der Waals surface area (Å²) in [6.07, 6.45) is 4.62. The van der Waals surface area contributed by atoms with Gasteiger partial charge in [0, 0.05) is 6.04 Å². The van der Waals surface area contributed by atoms with Crippen LogP contribution in [0, 0.1) is 0 Å². The average molecular weight is 391 g/mol. The molecule has 2 amide bonds. The lowest BCUT2D eigenvalue weighted by molar-refractivity contribution is 0.0921. The molecule has 4 N–H and O–H groups in total. The van der Waals surface area contributed by atoms with E-state index in [9.17, 15) is 9.59 Å². The van der Waals surface area contributed by atoms with Crippen LogP contribution in [0.5, 0.6) is 0 Å². The Balaban J connectivity index is 0.00000210. The van der Waals surface area contributed by atoms with Crippen molar-refractivity contribution in [2.75, 3.05) is 13.1 Å². The predicted molar refractivity (Wildman–Crippen MR) is 99.8 cm³/mol. The van der Waals surface area contributed by atoms with Crippen molar-refractivity contribution >= 4 is 29.9 Å². The third-order valence-electron chi connectivity index (χ3n) is 4.42. The number of furan rings is 1. The Morgan fingerprint density at radius 2 is 2.11 bits per heavy atom. The summed E-state index contributed by atoms with van der Waals surface area (Å²) < 4.78 is 6.86. The zero-order valence-electron chi connectivity index (χ0n) is 14.3. The lowest BCUT2D eigenvalue weighted by Crippen LogP contribution is -2.43. The summed E-state index contributed by atoms with van der Waals surface area (Å²) in [5, 5.41) is 6.30. The Labute approximate surface area is 160 Å². The standard InChI is InChI=1S/C17H18N6O3.ClH/c18-15(24)14-16-22-11(13-2-1-7-26-13)8-12(23(16)9-20-14)17(25)21-10-3-5-19-6-4-10;/h1-2,7-10,19H,3-6H2,(H2,18,24)(H,21,25);1H. The summed E-state index contributed by atoms with van der Waals surface area (Å²) >= 11 is 0. The van der Waals surface area contributed by atoms with Crippen molar-refractivity contribution in [1.82, 2.24) is 25.0 Å². The molecule has 0 aliphatic carbocycles. The molecule has 10 heteroatoms. The van der Waals surface area contributed by atoms with Crippen molar-refractivity contribution < 1.29 is 14.0 Å². The van der Waals surface area contributed by atoms with E-state index < -0.39 is 5.91 Å². The van der Waals surface area contributed by atoms with Gasteiger partial charge in [-0.05, 0) is 44.1 Å². The van der Waals surface area contributed by atoms with E-state index in [0.717, 1.165) is 25.9 Å². The minimum absolute atomic E-state index is 0. The number of primary amides is 1. The van der Waals surface area contributed by atoms with Crippen molar-refractivity contribution in [2.24, 2.45) is 5.73 Å². The Bertz CT molecular complexity index is 963. The molecule has 4 rings (SSSR count). The molecule has 1 saturated heterocycles. The number of nitrogens with two attached hydrogens (primary N) is 1. The van der Waals surface area contributed by atoms with Crippen molar-refractivity contribution in [2.45, 2.75) is 18.9 Å². The second-order valence-corrected chi connectivity index (χ2v) is 6.15. The van der Waals surface area contributed by atoms with E-state index in [2.05, 4.69) is 20.6 Å². The predicted octanol–water partition coefficient (Wildman–Crippen LogP) is 0.992. The topological polar surface area (TPSA) is 128 Å². The molecular weight excluding hydrogens is 372 g/mol. The van der Waals surface area contributed by atoms with Crippen LogP contribution in [0.15, 0.2) is 35.2 Å². The highest BCUT2D eigenvalue weighted by Gasteiger charge is 2.22. The van der Waals surface area contributed by atoms with E-state index >= 15 is 0 Å². The fourth-order valence-electron chi connectivity index (χ4n) is 3.10. The number of hydrogen-bond acceptors (Lipinski definition) is 6. The molecule has 4 heterocycles. The van der Waals surface area contributed by atoms with Crippen LogP contribution >= 0.6 is 12.4 Å². The minimum atomic E-state index is -0.707. The molecule has 0 atom stereocenters. The van der Waals surface area contributed by atoms with Crippen molar-refractivity contribution in [3.63, 3.8) is 0 Å². The van der Waals surface area contributed by atoms with Gasteiger partial charge >= 0.3 is 0 Å². The molecule has 27 heavy (non-hydrogen) atoms. The molecule has 1 aliphatic heterocycles. The summed E-state index contributed by atoms with van der Waals surface area (Å²) in [7, 11) is 0. The SMILES string of the molecule is Cl.NC(=O)c1ncn2c(C(=O)NC3CCNCC3)cc(-c3ccco3)nc12. The van der Waals surface area contributed by atoms with Gasteiger partial charge in [0.05, 0.1) is 6.26 Å². The molecule has 0 radical (unpaired) electrons. The molecule has 3 aromatic rings. The highest BCUT2D eigenvalue weighted by molar-refractivity contribution is 5.99. The summed E-state index contributed by atoms with van der Waals surface area (Å²) in [6, 6.07) is 5.17. The molecule has 0 saturated carbocycles. The van der Waals surface area contributed by atoms with Crippen molar-refractivity contribution in [1.29, 1.82) is 0 Å². The van der Waals surface area contributed by atoms with Crippen LogP contribution in [0.2, 0.25) is 0 Å². The van der Waals surface area contributed by atoms with Gasteiger partial charge < -0.3 is 20.8 Å². The minimum Gasteiger partial charge on any atom is -0.463 e. The van der Waals surface area contributed by atoms with Crippen molar-refractivity contribution in [3.8, 4) is 11.5 Å². The number of amides is 2. The fraction of sp³-hybridized carbons (Fsp3) is 0.294. The highest BCUT2D eigenvalue weighted by Crippen LogP contribution is 2.22. The molecule has 0 aromatic carbocycles. The van der Waals surface area contributed by atoms with Gasteiger partial charge in [0.25, 0.3) is 11.8 Å². The third-order valence-corrected chi connectivity index (χ3v) is 4.42. The zero-order chi connectivity index (χ0) is 18.1. The average Bonchev–Trinajstić information content (AvgIpc) is 3.31. The second kappa shape index (κ2) is 7.77. The number of fused-ring (bicyclic) bond motifs is 1. The summed E-state index contributed by atoms with van der Waals surface area (Å²) in [5.41, 5.74) is 6.37. The maximum absolute atomic E-state index is 12.9. The van der Waals surface area contributed by atoms with Crippen LogP contribution in [-0.2, 0) is 0 Å². The van der Waals surface area contributed by atoms with E-state index in [0.29, 0.717) is 17.1 Å². The van der Waals surface area contributed by atoms with E-state index in [1.54, 1.807) is 18.2 Å². The van der Waals surface area contributed by atoms with Crippen LogP contribution in [-0.4, -0.2) is 45.3 Å². The van der Waals surface area contributed by atoms with Gasteiger partial charge in [0.2, 0.25) is 0 Å². The number of carbonyl (C=O) groups is 2. The van der Waals surface area contributed by atoms with Gasteiger partial charge in [-0.2, -0.15) is 0 Å². The number of nitrogens with one attached hydrogen (secondary N) is 2. The quantitative estimate of drug-likeness (QED) is 0.609. The van der Waals surface area contributed by atoms with Gasteiger partial charge in [0.15, 0.2) is 17.1 Å². The second-order valence-electron chi connectivity index (χ2n) is 6.15. The first-order valence-electron chi connectivity index (χ1n) is 8.37. The van der Waals surface area contributed by atoms with E-state index in [1.807, 2.05) is 0 Å². The van der Waals surface area contributed by atoms with Crippen LogP contribution < -0.4 is 16.4 Å². The molecule has 0 bridgehead atoms. The van der Waals surface area contributed by atoms with Gasteiger partial charge in [-0.1, -0.05) is 0 Å². The van der Waals surface area contributed by atoms with Crippen LogP contribution in [0.3, 0.4) is 0 Å². The first kappa shape index (κ1) is 18.9. The Hall–Kier alpha value is -2.91. The lowest BCUT2D eigenvalue weighted by atomic mass is 10.1. The lowest BCUT2D eigenvalue weighted by Gasteiger charge is -2.23. The van der Waals surface area contributed by atoms with Gasteiger partial charge in [0.1, 0.15) is 17.7 Å². The molecule has 0 unspecified atom stereocenters. The van der Waals surface area contributed by atoms with Crippen molar-refractivity contribution in [3.05, 3.63) is 42.2 Å². The van der Waals surface area contributed by atoms with Gasteiger partial charge in [-0.3, -0.25) is 14.0 Å². The first-order chi connectivity index (χ1) is 12.6. The number of aromatic nitrogens is 3. The maximum atomic E-state index is 12.9. The number of imidazole rings is 1. The van der Waals surface area contributed by atoms with Gasteiger partial charge in [-0.15, -0.1) is 12.4 Å². The van der Waals surface area contributed by atoms with Crippen LogP contribution in [0.1, 0.15) is 33.8 Å². The summed E-state index contributed by atoms with van der Waals surface area (Å²) in [4.78, 5) is 32.9. The van der Waals surface area contributed by atoms with E-state index in [1.165, 1.54) is 17.0 Å². The maximum Gasteiger partial charge on any atom is 0.271 e. The number of nitrogens with zero attached hydrogens (tertiary/aromatic N) is 3. The third kappa shape index (κ3) is 3.64. The number of carbonyl (C=O) groups excluding carboxylic acids is 2. The molecule has 0 spiro atoms. The molecule has 142 valence electrons. The largest absolute Gasteiger partial charge is 0.463 e. The normalized spacial score (nSPS) is 14.7. The van der Waals surface area contributed by atoms with E-state index in [-0.39, 0.29) is 35.7 Å². The van der Waals surface area contributed by atoms with E-state index in [4.69, 9.17) is 10.2 Å². The smallest absolute Gasteiger partial charge is 0.271 e. The molecule has 1 fully saturated rings. The number of hydrogen-bond donors (Lipinski definition) is 3.